The second-order valence-corrected chi connectivity index (χ2v) is 6.55. The van der Waals surface area contributed by atoms with Gasteiger partial charge in [-0.25, -0.2) is 0 Å². The maximum atomic E-state index is 13.3. The topological polar surface area (TPSA) is 17.1 Å². The molecule has 0 aliphatic rings. The van der Waals surface area contributed by atoms with E-state index >= 15 is 0 Å². The first kappa shape index (κ1) is 14.8. The molecule has 0 spiro atoms. The van der Waals surface area contributed by atoms with Crippen LogP contribution in [0.25, 0.3) is 0 Å². The number of hydrogen-bond acceptors (Lipinski definition) is 1. The number of Topliss-reactive ketones (excluding diaryl/α,β-unsaturated/α-hetero) is 1. The second kappa shape index (κ2) is 6.31. The van der Waals surface area contributed by atoms with Crippen molar-refractivity contribution < 1.29 is 4.79 Å². The first-order valence-electron chi connectivity index (χ1n) is 7.16. The van der Waals surface area contributed by atoms with Crippen molar-refractivity contribution in [2.75, 3.05) is 0 Å². The van der Waals surface area contributed by atoms with Gasteiger partial charge >= 0.3 is 139 Å². The molecule has 3 aromatic rings. The molecule has 108 valence electrons. The standard InChI is InChI=1S/C20H16OSe/c21-19(16-10-4-1-5-11-16)20(22,17-12-6-2-7-13-17)18-14-8-3-9-15-18/h1-15,22H. The Balaban J connectivity index is 2.18. The molecule has 0 saturated carbocycles. The molecule has 1 nitrogen and oxygen atoms in total. The average molecular weight is 351 g/mol. The zero-order valence-corrected chi connectivity index (χ0v) is 13.9. The van der Waals surface area contributed by atoms with Gasteiger partial charge in [-0.2, -0.15) is 0 Å². The molecule has 0 aliphatic carbocycles. The van der Waals surface area contributed by atoms with Crippen LogP contribution in [0.15, 0.2) is 91.0 Å². The summed E-state index contributed by atoms with van der Waals surface area (Å²) in [5.74, 6) is 0.0884. The van der Waals surface area contributed by atoms with E-state index in [1.165, 1.54) is 0 Å². The number of carbonyl (C=O) groups excluding carboxylic acids is 1. The third-order valence-corrected chi connectivity index (χ3v) is 5.26. The third-order valence-electron chi connectivity index (χ3n) is 3.75. The average Bonchev–Trinajstić information content (AvgIpc) is 2.62. The monoisotopic (exact) mass is 352 g/mol. The van der Waals surface area contributed by atoms with Gasteiger partial charge in [0.05, 0.1) is 0 Å². The van der Waals surface area contributed by atoms with Crippen LogP contribution in [0.2, 0.25) is 0 Å². The molecule has 0 aromatic heterocycles. The van der Waals surface area contributed by atoms with Gasteiger partial charge in [-0.3, -0.25) is 0 Å². The van der Waals surface area contributed by atoms with Gasteiger partial charge in [0.25, 0.3) is 0 Å². The molecule has 0 heterocycles. The SMILES string of the molecule is O=C(c1ccccc1)C([SeH])(c1ccccc1)c1ccccc1. The van der Waals surface area contributed by atoms with E-state index in [1.807, 2.05) is 91.0 Å². The van der Waals surface area contributed by atoms with Crippen LogP contribution in [0, 0.1) is 0 Å². The Morgan fingerprint density at radius 2 is 1.00 bits per heavy atom. The van der Waals surface area contributed by atoms with E-state index in [-0.39, 0.29) is 5.78 Å². The quantitative estimate of drug-likeness (QED) is 0.517. The first-order valence-corrected chi connectivity index (χ1v) is 8.10. The fourth-order valence-corrected chi connectivity index (χ4v) is 3.48. The van der Waals surface area contributed by atoms with Crippen molar-refractivity contribution in [2.45, 2.75) is 4.31 Å². The molecule has 2 heteroatoms. The Morgan fingerprint density at radius 1 is 0.636 bits per heavy atom. The Labute approximate surface area is 138 Å². The minimum atomic E-state index is -0.753. The molecule has 3 rings (SSSR count). The molecule has 0 fully saturated rings. The summed E-state index contributed by atoms with van der Waals surface area (Å²) in [6.07, 6.45) is 0. The van der Waals surface area contributed by atoms with Crippen molar-refractivity contribution in [1.82, 2.24) is 0 Å². The molecule has 0 unspecified atom stereocenters. The number of benzene rings is 3. The van der Waals surface area contributed by atoms with Gasteiger partial charge in [0.15, 0.2) is 0 Å². The number of rotatable bonds is 4. The van der Waals surface area contributed by atoms with Gasteiger partial charge in [0.1, 0.15) is 0 Å². The van der Waals surface area contributed by atoms with Crippen molar-refractivity contribution in [3.05, 3.63) is 108 Å². The Kier molecular flexibility index (Phi) is 4.24. The summed E-state index contributed by atoms with van der Waals surface area (Å²) < 4.78 is -0.753. The van der Waals surface area contributed by atoms with Crippen LogP contribution >= 0.6 is 0 Å². The predicted molar refractivity (Wildman–Crippen MR) is 91.6 cm³/mol. The molecule has 0 radical (unpaired) electrons. The van der Waals surface area contributed by atoms with Gasteiger partial charge in [-0.15, -0.1) is 0 Å². The van der Waals surface area contributed by atoms with E-state index in [0.717, 1.165) is 16.7 Å². The molecule has 0 aliphatic heterocycles. The van der Waals surface area contributed by atoms with Crippen LogP contribution < -0.4 is 0 Å². The van der Waals surface area contributed by atoms with E-state index in [4.69, 9.17) is 0 Å². The molecule has 0 bridgehead atoms. The van der Waals surface area contributed by atoms with Crippen molar-refractivity contribution in [3.8, 4) is 0 Å². The van der Waals surface area contributed by atoms with Crippen LogP contribution in [0.5, 0.6) is 0 Å². The molecule has 0 N–H and O–H groups in total. The summed E-state index contributed by atoms with van der Waals surface area (Å²) in [5.41, 5.74) is 2.68. The summed E-state index contributed by atoms with van der Waals surface area (Å²) in [7, 11) is 0. The zero-order chi connectivity index (χ0) is 15.4. The van der Waals surface area contributed by atoms with Crippen molar-refractivity contribution in [3.63, 3.8) is 0 Å². The van der Waals surface area contributed by atoms with Crippen molar-refractivity contribution in [2.24, 2.45) is 0 Å². The minimum absolute atomic E-state index is 0.0884. The predicted octanol–water partition coefficient (Wildman–Crippen LogP) is 3.71. The maximum absolute atomic E-state index is 13.3. The first-order chi connectivity index (χ1) is 10.7. The zero-order valence-electron chi connectivity index (χ0n) is 12.0. The number of hydrogen-bond donors (Lipinski definition) is 0. The molecule has 3 aromatic carbocycles. The van der Waals surface area contributed by atoms with Crippen molar-refractivity contribution in [1.29, 1.82) is 0 Å². The Hall–Kier alpha value is -2.15. The fourth-order valence-electron chi connectivity index (χ4n) is 2.59. The van der Waals surface area contributed by atoms with Gasteiger partial charge in [-0.05, 0) is 0 Å². The number of ketones is 1. The van der Waals surface area contributed by atoms with E-state index in [9.17, 15) is 4.79 Å². The molecule has 0 amide bonds. The van der Waals surface area contributed by atoms with Gasteiger partial charge < -0.3 is 0 Å². The van der Waals surface area contributed by atoms with E-state index in [1.54, 1.807) is 0 Å². The van der Waals surface area contributed by atoms with Crippen LogP contribution in [-0.2, 0) is 4.31 Å². The van der Waals surface area contributed by atoms with Gasteiger partial charge in [-0.1, -0.05) is 0 Å². The van der Waals surface area contributed by atoms with Crippen LogP contribution in [0.1, 0.15) is 21.5 Å². The molecular formula is C20H16OSe. The summed E-state index contributed by atoms with van der Waals surface area (Å²) in [6, 6.07) is 29.3. The second-order valence-electron chi connectivity index (χ2n) is 5.14. The van der Waals surface area contributed by atoms with E-state index in [2.05, 4.69) is 16.0 Å². The van der Waals surface area contributed by atoms with Gasteiger partial charge in [0, 0.05) is 0 Å². The normalized spacial score (nSPS) is 11.1. The molecule has 22 heavy (non-hydrogen) atoms. The van der Waals surface area contributed by atoms with Gasteiger partial charge in [0.2, 0.25) is 0 Å². The van der Waals surface area contributed by atoms with E-state index < -0.39 is 4.31 Å². The Morgan fingerprint density at radius 3 is 1.41 bits per heavy atom. The summed E-state index contributed by atoms with van der Waals surface area (Å²) >= 11 is 2.59. The summed E-state index contributed by atoms with van der Waals surface area (Å²) in [5, 5.41) is 0. The third kappa shape index (κ3) is 2.64. The van der Waals surface area contributed by atoms with Crippen LogP contribution in [-0.4, -0.2) is 21.8 Å². The molecular weight excluding hydrogens is 335 g/mol. The molecule has 0 saturated heterocycles. The van der Waals surface area contributed by atoms with Crippen LogP contribution in [0.4, 0.5) is 0 Å². The fraction of sp³-hybridized carbons (Fsp3) is 0.0500. The van der Waals surface area contributed by atoms with E-state index in [0.29, 0.717) is 0 Å². The van der Waals surface area contributed by atoms with Crippen LogP contribution in [0.3, 0.4) is 0 Å². The van der Waals surface area contributed by atoms with Crippen molar-refractivity contribution >= 4 is 21.8 Å². The Bertz CT molecular complexity index is 712. The summed E-state index contributed by atoms with van der Waals surface area (Å²) in [6.45, 7) is 0. The summed E-state index contributed by atoms with van der Waals surface area (Å²) in [4.78, 5) is 13.3. The number of carbonyl (C=O) groups is 1. The molecule has 0 atom stereocenters.